The van der Waals surface area contributed by atoms with Gasteiger partial charge in [0.2, 0.25) is 5.43 Å². The van der Waals surface area contributed by atoms with Gasteiger partial charge in [0, 0.05) is 6.07 Å². The minimum Gasteiger partial charge on any atom is -0.539 e. The molecule has 0 radical (unpaired) electrons. The maximum absolute atomic E-state index is 11.8. The maximum atomic E-state index is 11.8. The van der Waals surface area contributed by atoms with E-state index in [0.29, 0.717) is 16.8 Å². The molecule has 17 heavy (non-hydrogen) atoms. The molecule has 0 amide bonds. The van der Waals surface area contributed by atoms with Crippen molar-refractivity contribution >= 4 is 24.2 Å². The highest BCUT2D eigenvalue weighted by molar-refractivity contribution is 9.08. The number of alkyl halides is 1. The highest BCUT2D eigenvalue weighted by Gasteiger charge is 2.40. The summed E-state index contributed by atoms with van der Waals surface area (Å²) >= 11 is 3.30. The first-order valence-electron chi connectivity index (χ1n) is 5.55. The molecular formula is C12H19BrO3Si. The Hall–Kier alpha value is -0.553. The molecule has 1 heterocycles. The van der Waals surface area contributed by atoms with E-state index in [1.54, 1.807) is 0 Å². The molecule has 0 saturated carbocycles. The van der Waals surface area contributed by atoms with Crippen LogP contribution in [0.3, 0.4) is 0 Å². The fourth-order valence-electron chi connectivity index (χ4n) is 1.05. The second-order valence-corrected chi connectivity index (χ2v) is 10.8. The lowest BCUT2D eigenvalue weighted by Crippen LogP contribution is -2.45. The maximum Gasteiger partial charge on any atom is 0.250 e. The van der Waals surface area contributed by atoms with Crippen molar-refractivity contribution in [1.29, 1.82) is 0 Å². The van der Waals surface area contributed by atoms with Crippen molar-refractivity contribution in [3.05, 3.63) is 28.3 Å². The van der Waals surface area contributed by atoms with Crippen LogP contribution in [0.15, 0.2) is 21.5 Å². The van der Waals surface area contributed by atoms with Gasteiger partial charge in [0.15, 0.2) is 11.5 Å². The Labute approximate surface area is 111 Å². The largest absolute Gasteiger partial charge is 0.539 e. The fourth-order valence-corrected chi connectivity index (χ4v) is 2.47. The van der Waals surface area contributed by atoms with Gasteiger partial charge in [-0.1, -0.05) is 36.7 Å². The van der Waals surface area contributed by atoms with Crippen LogP contribution in [0.2, 0.25) is 18.1 Å². The first-order chi connectivity index (χ1) is 7.69. The first kappa shape index (κ1) is 14.5. The summed E-state index contributed by atoms with van der Waals surface area (Å²) in [6.07, 6.45) is 1.40. The van der Waals surface area contributed by atoms with Crippen LogP contribution >= 0.6 is 15.9 Å². The van der Waals surface area contributed by atoms with Gasteiger partial charge in [-0.3, -0.25) is 4.79 Å². The summed E-state index contributed by atoms with van der Waals surface area (Å²) in [4.78, 5) is 11.8. The summed E-state index contributed by atoms with van der Waals surface area (Å²) in [5.74, 6) is 0.915. The van der Waals surface area contributed by atoms with Crippen molar-refractivity contribution in [2.75, 3.05) is 0 Å². The second kappa shape index (κ2) is 4.98. The van der Waals surface area contributed by atoms with Gasteiger partial charge in [0.05, 0.1) is 11.6 Å². The van der Waals surface area contributed by atoms with Crippen molar-refractivity contribution in [2.45, 2.75) is 44.2 Å². The van der Waals surface area contributed by atoms with Crippen LogP contribution in [-0.4, -0.2) is 8.32 Å². The van der Waals surface area contributed by atoms with E-state index in [1.165, 1.54) is 12.3 Å². The van der Waals surface area contributed by atoms with Crippen molar-refractivity contribution < 1.29 is 8.84 Å². The Morgan fingerprint density at radius 1 is 1.41 bits per heavy atom. The monoisotopic (exact) mass is 318 g/mol. The van der Waals surface area contributed by atoms with E-state index >= 15 is 0 Å². The number of halogens is 1. The van der Waals surface area contributed by atoms with Gasteiger partial charge in [0.1, 0.15) is 0 Å². The average Bonchev–Trinajstić information content (AvgIpc) is 2.19. The molecule has 5 heteroatoms. The Balaban J connectivity index is 3.16. The molecular weight excluding hydrogens is 300 g/mol. The lowest BCUT2D eigenvalue weighted by Gasteiger charge is -2.36. The fraction of sp³-hybridized carbons (Fsp3) is 0.583. The molecule has 0 N–H and O–H groups in total. The second-order valence-electron chi connectivity index (χ2n) is 5.53. The molecule has 0 saturated heterocycles. The van der Waals surface area contributed by atoms with Gasteiger partial charge in [-0.25, -0.2) is 0 Å². The summed E-state index contributed by atoms with van der Waals surface area (Å²) in [5.41, 5.74) is -0.115. The SMILES string of the molecule is CC(C)(C)[Si](C)(C)Oc1c(CBr)occc1=O. The van der Waals surface area contributed by atoms with Crippen molar-refractivity contribution in [1.82, 2.24) is 0 Å². The highest BCUT2D eigenvalue weighted by Crippen LogP contribution is 2.37. The third kappa shape index (κ3) is 3.22. The molecule has 0 spiro atoms. The lowest BCUT2D eigenvalue weighted by molar-refractivity contribution is 0.432. The first-order valence-corrected chi connectivity index (χ1v) is 9.57. The third-order valence-corrected chi connectivity index (χ3v) is 8.03. The minimum absolute atomic E-state index is 0.0544. The van der Waals surface area contributed by atoms with Gasteiger partial charge in [-0.15, -0.1) is 0 Å². The molecule has 3 nitrogen and oxygen atoms in total. The van der Waals surface area contributed by atoms with Crippen LogP contribution < -0.4 is 9.85 Å². The van der Waals surface area contributed by atoms with Gasteiger partial charge in [0.25, 0.3) is 8.32 Å². The third-order valence-electron chi connectivity index (χ3n) is 3.19. The Kier molecular flexibility index (Phi) is 4.25. The molecule has 0 atom stereocenters. The molecule has 0 fully saturated rings. The van der Waals surface area contributed by atoms with E-state index < -0.39 is 8.32 Å². The van der Waals surface area contributed by atoms with Crippen molar-refractivity contribution in [2.24, 2.45) is 0 Å². The summed E-state index contributed by atoms with van der Waals surface area (Å²) in [7, 11) is -2.01. The van der Waals surface area contributed by atoms with Crippen molar-refractivity contribution in [3.8, 4) is 5.75 Å². The standard InChI is InChI=1S/C12H19BrO3Si/c1-12(2,3)17(4,5)16-11-9(14)6-7-15-10(11)8-13/h6-7H,8H2,1-5H3. The quantitative estimate of drug-likeness (QED) is 0.626. The molecule has 96 valence electrons. The number of hydrogen-bond donors (Lipinski definition) is 0. The molecule has 1 rings (SSSR count). The summed E-state index contributed by atoms with van der Waals surface area (Å²) in [5, 5.41) is 0.534. The molecule has 0 bridgehead atoms. The zero-order valence-corrected chi connectivity index (χ0v) is 13.6. The number of hydrogen-bond acceptors (Lipinski definition) is 3. The van der Waals surface area contributed by atoms with E-state index in [2.05, 4.69) is 49.8 Å². The van der Waals surface area contributed by atoms with E-state index in [-0.39, 0.29) is 10.5 Å². The minimum atomic E-state index is -2.01. The van der Waals surface area contributed by atoms with Crippen LogP contribution in [-0.2, 0) is 5.33 Å². The zero-order valence-electron chi connectivity index (χ0n) is 11.0. The van der Waals surface area contributed by atoms with E-state index in [1.807, 2.05) is 0 Å². The average molecular weight is 319 g/mol. The molecule has 0 aliphatic rings. The molecule has 0 unspecified atom stereocenters. The van der Waals surface area contributed by atoms with Crippen LogP contribution in [0.1, 0.15) is 26.5 Å². The topological polar surface area (TPSA) is 39.4 Å². The predicted molar refractivity (Wildman–Crippen MR) is 75.4 cm³/mol. The Bertz CT molecular complexity index is 446. The van der Waals surface area contributed by atoms with E-state index in [0.717, 1.165) is 0 Å². The molecule has 0 aliphatic carbocycles. The predicted octanol–water partition coefficient (Wildman–Crippen LogP) is 3.92. The van der Waals surface area contributed by atoms with Crippen LogP contribution in [0.25, 0.3) is 0 Å². The Morgan fingerprint density at radius 3 is 2.47 bits per heavy atom. The van der Waals surface area contributed by atoms with Crippen molar-refractivity contribution in [3.63, 3.8) is 0 Å². The molecule has 0 aromatic carbocycles. The molecule has 1 aromatic heterocycles. The van der Waals surface area contributed by atoms with Gasteiger partial charge in [-0.2, -0.15) is 0 Å². The summed E-state index contributed by atoms with van der Waals surface area (Å²) in [6, 6.07) is 1.40. The smallest absolute Gasteiger partial charge is 0.250 e. The van der Waals surface area contributed by atoms with Gasteiger partial charge >= 0.3 is 0 Å². The van der Waals surface area contributed by atoms with E-state index in [4.69, 9.17) is 8.84 Å². The normalized spacial score (nSPS) is 12.6. The summed E-state index contributed by atoms with van der Waals surface area (Å²) in [6.45, 7) is 10.6. The van der Waals surface area contributed by atoms with Crippen LogP contribution in [0.5, 0.6) is 5.75 Å². The summed E-state index contributed by atoms with van der Waals surface area (Å²) < 4.78 is 11.3. The number of rotatable bonds is 3. The zero-order chi connectivity index (χ0) is 13.3. The van der Waals surface area contributed by atoms with Gasteiger partial charge in [-0.05, 0) is 18.1 Å². The highest BCUT2D eigenvalue weighted by atomic mass is 79.9. The van der Waals surface area contributed by atoms with E-state index in [9.17, 15) is 4.79 Å². The van der Waals surface area contributed by atoms with Crippen LogP contribution in [0, 0.1) is 0 Å². The molecule has 1 aromatic rings. The van der Waals surface area contributed by atoms with Crippen LogP contribution in [0.4, 0.5) is 0 Å². The lowest BCUT2D eigenvalue weighted by atomic mass is 10.2. The van der Waals surface area contributed by atoms with Gasteiger partial charge < -0.3 is 8.84 Å². The molecule has 0 aliphatic heterocycles. The Morgan fingerprint density at radius 2 is 2.00 bits per heavy atom.